The van der Waals surface area contributed by atoms with Crippen molar-refractivity contribution in [2.24, 2.45) is 0 Å². The highest BCUT2D eigenvalue weighted by molar-refractivity contribution is 5.75. The Morgan fingerprint density at radius 2 is 2.10 bits per heavy atom. The zero-order valence-electron chi connectivity index (χ0n) is 17.6. The molecular weight excluding hydrogens is 392 g/mol. The van der Waals surface area contributed by atoms with Gasteiger partial charge in [0.1, 0.15) is 5.75 Å². The van der Waals surface area contributed by atoms with Crippen molar-refractivity contribution >= 4 is 17.2 Å². The fourth-order valence-electron chi connectivity index (χ4n) is 3.83. The van der Waals surface area contributed by atoms with Crippen LogP contribution in [0.2, 0.25) is 0 Å². The van der Waals surface area contributed by atoms with Crippen LogP contribution in [0.25, 0.3) is 16.9 Å². The minimum atomic E-state index is 0.577. The number of methoxy groups -OCH3 is 1. The number of aryl methyl sites for hydroxylation is 1. The Morgan fingerprint density at radius 1 is 1.16 bits per heavy atom. The predicted octanol–water partition coefficient (Wildman–Crippen LogP) is 4.87. The molecular formula is C24H24N4O3. The van der Waals surface area contributed by atoms with Crippen molar-refractivity contribution in [2.75, 3.05) is 25.6 Å². The molecule has 0 atom stereocenters. The summed E-state index contributed by atoms with van der Waals surface area (Å²) < 4.78 is 18.8. The first-order valence-corrected chi connectivity index (χ1v) is 10.4. The first-order valence-electron chi connectivity index (χ1n) is 10.4. The van der Waals surface area contributed by atoms with E-state index in [4.69, 9.17) is 19.2 Å². The average molecular weight is 416 g/mol. The van der Waals surface area contributed by atoms with E-state index < -0.39 is 0 Å². The van der Waals surface area contributed by atoms with E-state index >= 15 is 0 Å². The molecule has 0 spiro atoms. The molecule has 1 aliphatic heterocycles. The van der Waals surface area contributed by atoms with Gasteiger partial charge in [-0.15, -0.1) is 0 Å². The Kier molecular flexibility index (Phi) is 5.08. The molecule has 0 aliphatic carbocycles. The van der Waals surface area contributed by atoms with Crippen LogP contribution >= 0.6 is 0 Å². The summed E-state index contributed by atoms with van der Waals surface area (Å²) in [4.78, 5) is 9.37. The maximum absolute atomic E-state index is 5.75. The maximum Gasteiger partial charge on any atom is 0.180 e. The number of imidazole rings is 1. The summed E-state index contributed by atoms with van der Waals surface area (Å²) in [6.07, 6.45) is 7.75. The highest BCUT2D eigenvalue weighted by Crippen LogP contribution is 2.33. The van der Waals surface area contributed by atoms with E-state index in [9.17, 15) is 0 Å². The van der Waals surface area contributed by atoms with Gasteiger partial charge >= 0.3 is 0 Å². The van der Waals surface area contributed by atoms with Gasteiger partial charge in [0.25, 0.3) is 0 Å². The van der Waals surface area contributed by atoms with Crippen molar-refractivity contribution in [3.63, 3.8) is 0 Å². The Balaban J connectivity index is 1.53. The molecule has 0 saturated carbocycles. The number of fused-ring (bicyclic) bond motifs is 2. The van der Waals surface area contributed by atoms with E-state index in [1.54, 1.807) is 13.3 Å². The fraction of sp³-hybridized carbons (Fsp3) is 0.250. The van der Waals surface area contributed by atoms with Crippen LogP contribution in [0.15, 0.2) is 55.0 Å². The zero-order valence-corrected chi connectivity index (χ0v) is 17.6. The molecule has 1 aliphatic rings. The molecule has 0 amide bonds. The van der Waals surface area contributed by atoms with Crippen LogP contribution in [0.1, 0.15) is 18.9 Å². The zero-order chi connectivity index (χ0) is 21.2. The molecule has 5 rings (SSSR count). The molecule has 31 heavy (non-hydrogen) atoms. The molecule has 0 radical (unpaired) electrons. The van der Waals surface area contributed by atoms with Crippen LogP contribution in [0.4, 0.5) is 11.5 Å². The van der Waals surface area contributed by atoms with E-state index in [2.05, 4.69) is 22.4 Å². The van der Waals surface area contributed by atoms with Crippen LogP contribution in [0.5, 0.6) is 17.2 Å². The molecule has 4 aromatic rings. The van der Waals surface area contributed by atoms with E-state index in [0.717, 1.165) is 47.8 Å². The minimum absolute atomic E-state index is 0.577. The van der Waals surface area contributed by atoms with E-state index in [-0.39, 0.29) is 0 Å². The largest absolute Gasteiger partial charge is 0.493 e. The van der Waals surface area contributed by atoms with Crippen molar-refractivity contribution in [3.8, 4) is 28.5 Å². The highest BCUT2D eigenvalue weighted by atomic mass is 16.5. The number of rotatable bonds is 6. The molecule has 158 valence electrons. The Hall–Kier alpha value is -3.74. The number of hydrogen-bond donors (Lipinski definition) is 1. The fourth-order valence-corrected chi connectivity index (χ4v) is 3.83. The van der Waals surface area contributed by atoms with Crippen LogP contribution < -0.4 is 19.5 Å². The van der Waals surface area contributed by atoms with E-state index in [0.29, 0.717) is 23.9 Å². The molecule has 1 N–H and O–H groups in total. The SMILES string of the molecule is CCOc1ccc(Nc2nc(-c3ccc4c(c3)CCCO4)cn3ccnc23)cc1OC. The normalized spacial score (nSPS) is 12.8. The second kappa shape index (κ2) is 8.18. The average Bonchev–Trinajstić information content (AvgIpc) is 3.29. The minimum Gasteiger partial charge on any atom is -0.493 e. The molecule has 7 nitrogen and oxygen atoms in total. The summed E-state index contributed by atoms with van der Waals surface area (Å²) in [5.41, 5.74) is 4.72. The summed E-state index contributed by atoms with van der Waals surface area (Å²) in [6, 6.07) is 12.0. The molecule has 2 aromatic heterocycles. The lowest BCUT2D eigenvalue weighted by molar-refractivity contribution is 0.288. The van der Waals surface area contributed by atoms with E-state index in [1.165, 1.54) is 5.56 Å². The van der Waals surface area contributed by atoms with Gasteiger partial charge < -0.3 is 23.9 Å². The molecule has 2 aromatic carbocycles. The van der Waals surface area contributed by atoms with Gasteiger partial charge in [-0.3, -0.25) is 0 Å². The van der Waals surface area contributed by atoms with Gasteiger partial charge in [0.2, 0.25) is 0 Å². The van der Waals surface area contributed by atoms with Gasteiger partial charge in [0.15, 0.2) is 23.0 Å². The van der Waals surface area contributed by atoms with Crippen molar-refractivity contribution in [1.82, 2.24) is 14.4 Å². The summed E-state index contributed by atoms with van der Waals surface area (Å²) in [5.74, 6) is 3.01. The van der Waals surface area contributed by atoms with E-state index in [1.807, 2.05) is 48.0 Å². The Bertz CT molecular complexity index is 1230. The summed E-state index contributed by atoms with van der Waals surface area (Å²) in [6.45, 7) is 3.31. The lowest BCUT2D eigenvalue weighted by atomic mass is 10.0. The number of benzene rings is 2. The number of nitrogens with one attached hydrogen (secondary N) is 1. The van der Waals surface area contributed by atoms with Crippen LogP contribution in [-0.2, 0) is 6.42 Å². The third-order valence-corrected chi connectivity index (χ3v) is 5.30. The standard InChI is InChI=1S/C24H24N4O3/c1-3-30-21-9-7-18(14-22(21)29-2)26-23-24-25-10-11-28(24)15-19(27-23)16-6-8-20-17(13-16)5-4-12-31-20/h6-11,13-15H,3-5,12H2,1-2H3,(H,26,27). The lowest BCUT2D eigenvalue weighted by Crippen LogP contribution is -2.08. The topological polar surface area (TPSA) is 69.9 Å². The number of hydrogen-bond acceptors (Lipinski definition) is 6. The van der Waals surface area contributed by atoms with Crippen LogP contribution in [0.3, 0.4) is 0 Å². The summed E-state index contributed by atoms with van der Waals surface area (Å²) in [7, 11) is 1.63. The number of aromatic nitrogens is 3. The molecule has 0 bridgehead atoms. The number of anilines is 2. The number of nitrogens with zero attached hydrogens (tertiary/aromatic N) is 3. The van der Waals surface area contributed by atoms with Gasteiger partial charge in [-0.25, -0.2) is 9.97 Å². The Labute approximate surface area is 180 Å². The second-order valence-electron chi connectivity index (χ2n) is 7.33. The van der Waals surface area contributed by atoms with Crippen molar-refractivity contribution < 1.29 is 14.2 Å². The maximum atomic E-state index is 5.75. The van der Waals surface area contributed by atoms with Gasteiger partial charge in [0, 0.05) is 35.9 Å². The monoisotopic (exact) mass is 416 g/mol. The molecule has 3 heterocycles. The van der Waals surface area contributed by atoms with Gasteiger partial charge in [-0.05, 0) is 55.7 Å². The lowest BCUT2D eigenvalue weighted by Gasteiger charge is -2.18. The first kappa shape index (κ1) is 19.2. The van der Waals surface area contributed by atoms with Gasteiger partial charge in [-0.2, -0.15) is 0 Å². The third-order valence-electron chi connectivity index (χ3n) is 5.30. The molecule has 0 unspecified atom stereocenters. The van der Waals surface area contributed by atoms with Gasteiger partial charge in [-0.1, -0.05) is 0 Å². The summed E-state index contributed by atoms with van der Waals surface area (Å²) >= 11 is 0. The predicted molar refractivity (Wildman–Crippen MR) is 120 cm³/mol. The smallest absolute Gasteiger partial charge is 0.180 e. The molecule has 0 saturated heterocycles. The van der Waals surface area contributed by atoms with Crippen molar-refractivity contribution in [2.45, 2.75) is 19.8 Å². The van der Waals surface area contributed by atoms with Crippen LogP contribution in [0, 0.1) is 0 Å². The number of ether oxygens (including phenoxy) is 3. The summed E-state index contributed by atoms with van der Waals surface area (Å²) in [5, 5.41) is 3.39. The quantitative estimate of drug-likeness (QED) is 0.483. The van der Waals surface area contributed by atoms with Crippen LogP contribution in [-0.4, -0.2) is 34.7 Å². The van der Waals surface area contributed by atoms with Gasteiger partial charge in [0.05, 0.1) is 26.0 Å². The Morgan fingerprint density at radius 3 is 2.97 bits per heavy atom. The highest BCUT2D eigenvalue weighted by Gasteiger charge is 2.15. The second-order valence-corrected chi connectivity index (χ2v) is 7.33. The first-order chi connectivity index (χ1) is 15.2. The molecule has 7 heteroatoms. The third kappa shape index (κ3) is 3.74. The molecule has 0 fully saturated rings. The van der Waals surface area contributed by atoms with Crippen molar-refractivity contribution in [1.29, 1.82) is 0 Å². The van der Waals surface area contributed by atoms with Crippen molar-refractivity contribution in [3.05, 3.63) is 60.6 Å².